The van der Waals surface area contributed by atoms with Gasteiger partial charge in [-0.1, -0.05) is 32.6 Å². The summed E-state index contributed by atoms with van der Waals surface area (Å²) in [5.41, 5.74) is 0. The van der Waals surface area contributed by atoms with Crippen LogP contribution in [0.2, 0.25) is 0 Å². The van der Waals surface area contributed by atoms with Crippen LogP contribution in [0.3, 0.4) is 0 Å². The minimum Gasteiger partial charge on any atom is -0.468 e. The third-order valence-electron chi connectivity index (χ3n) is 3.54. The molecule has 1 atom stereocenters. The molecular formula is C13H23NO3. The number of amides is 1. The van der Waals surface area contributed by atoms with E-state index in [9.17, 15) is 9.59 Å². The van der Waals surface area contributed by atoms with Crippen LogP contribution in [0.15, 0.2) is 0 Å². The topological polar surface area (TPSA) is 55.4 Å². The Bertz CT molecular complexity index is 259. The molecule has 0 aromatic heterocycles. The van der Waals surface area contributed by atoms with Crippen molar-refractivity contribution in [2.75, 3.05) is 13.7 Å². The van der Waals surface area contributed by atoms with Gasteiger partial charge in [-0.2, -0.15) is 0 Å². The molecule has 4 heteroatoms. The lowest BCUT2D eigenvalue weighted by Crippen LogP contribution is -2.36. The number of hydrogen-bond donors (Lipinski definition) is 1. The summed E-state index contributed by atoms with van der Waals surface area (Å²) >= 11 is 0. The Morgan fingerprint density at radius 3 is 2.53 bits per heavy atom. The Morgan fingerprint density at radius 2 is 2.00 bits per heavy atom. The number of hydrogen-bond acceptors (Lipinski definition) is 3. The maximum Gasteiger partial charge on any atom is 0.318 e. The van der Waals surface area contributed by atoms with Crippen LogP contribution in [0.1, 0.15) is 45.4 Å². The normalized spacial score (nSPS) is 17.8. The first kappa shape index (κ1) is 14.0. The zero-order chi connectivity index (χ0) is 12.7. The molecule has 0 saturated heterocycles. The van der Waals surface area contributed by atoms with Crippen LogP contribution in [0.4, 0.5) is 0 Å². The second-order valence-corrected chi connectivity index (χ2v) is 4.71. The fourth-order valence-electron chi connectivity index (χ4n) is 2.42. The molecular weight excluding hydrogens is 218 g/mol. The first-order chi connectivity index (χ1) is 8.19. The van der Waals surface area contributed by atoms with Gasteiger partial charge in [-0.05, 0) is 18.8 Å². The minimum atomic E-state index is -0.649. The molecule has 1 saturated carbocycles. The van der Waals surface area contributed by atoms with Gasteiger partial charge in [0.1, 0.15) is 5.92 Å². The van der Waals surface area contributed by atoms with Crippen LogP contribution in [0, 0.1) is 11.8 Å². The maximum absolute atomic E-state index is 11.7. The van der Waals surface area contributed by atoms with Crippen molar-refractivity contribution in [1.29, 1.82) is 0 Å². The smallest absolute Gasteiger partial charge is 0.318 e. The van der Waals surface area contributed by atoms with E-state index in [1.54, 1.807) is 0 Å². The third-order valence-corrected chi connectivity index (χ3v) is 3.54. The molecule has 4 nitrogen and oxygen atoms in total. The van der Waals surface area contributed by atoms with Crippen molar-refractivity contribution < 1.29 is 14.3 Å². The van der Waals surface area contributed by atoms with Gasteiger partial charge in [-0.15, -0.1) is 0 Å². The molecule has 17 heavy (non-hydrogen) atoms. The monoisotopic (exact) mass is 241 g/mol. The van der Waals surface area contributed by atoms with Gasteiger partial charge in [0.25, 0.3) is 0 Å². The molecule has 1 N–H and O–H groups in total. The highest BCUT2D eigenvalue weighted by Gasteiger charge is 2.25. The molecule has 0 aromatic carbocycles. The van der Waals surface area contributed by atoms with Crippen molar-refractivity contribution in [2.45, 2.75) is 45.4 Å². The number of rotatable bonds is 6. The van der Waals surface area contributed by atoms with E-state index in [1.165, 1.54) is 32.8 Å². The SMILES string of the molecule is CCC(C(=O)NCCC1CCCC1)C(=O)OC. The summed E-state index contributed by atoms with van der Waals surface area (Å²) in [7, 11) is 1.32. The minimum absolute atomic E-state index is 0.197. The van der Waals surface area contributed by atoms with Crippen molar-refractivity contribution in [3.8, 4) is 0 Å². The van der Waals surface area contributed by atoms with Crippen molar-refractivity contribution in [3.63, 3.8) is 0 Å². The molecule has 0 aliphatic heterocycles. The lowest BCUT2D eigenvalue weighted by molar-refractivity contribution is -0.150. The van der Waals surface area contributed by atoms with Gasteiger partial charge < -0.3 is 10.1 Å². The van der Waals surface area contributed by atoms with Gasteiger partial charge in [-0.25, -0.2) is 0 Å². The van der Waals surface area contributed by atoms with Crippen molar-refractivity contribution >= 4 is 11.9 Å². The van der Waals surface area contributed by atoms with Crippen LogP contribution >= 0.6 is 0 Å². The van der Waals surface area contributed by atoms with Crippen molar-refractivity contribution in [1.82, 2.24) is 5.32 Å². The summed E-state index contributed by atoms with van der Waals surface area (Å²) in [6.07, 6.45) is 6.72. The number of esters is 1. The Balaban J connectivity index is 2.24. The number of carbonyl (C=O) groups excluding carboxylic acids is 2. The molecule has 1 aliphatic carbocycles. The van der Waals surface area contributed by atoms with E-state index in [0.29, 0.717) is 13.0 Å². The first-order valence-electron chi connectivity index (χ1n) is 6.54. The van der Waals surface area contributed by atoms with Crippen LogP contribution in [-0.2, 0) is 14.3 Å². The fourth-order valence-corrected chi connectivity index (χ4v) is 2.42. The van der Waals surface area contributed by atoms with E-state index in [0.717, 1.165) is 12.3 Å². The number of nitrogens with one attached hydrogen (secondary N) is 1. The molecule has 1 fully saturated rings. The summed E-state index contributed by atoms with van der Waals surface area (Å²) in [6.45, 7) is 2.50. The van der Waals surface area contributed by atoms with Crippen LogP contribution in [0.5, 0.6) is 0 Å². The van der Waals surface area contributed by atoms with E-state index in [2.05, 4.69) is 10.1 Å². The van der Waals surface area contributed by atoms with Crippen LogP contribution < -0.4 is 5.32 Å². The molecule has 1 unspecified atom stereocenters. The molecule has 1 amide bonds. The number of carbonyl (C=O) groups is 2. The van der Waals surface area contributed by atoms with Gasteiger partial charge >= 0.3 is 5.97 Å². The van der Waals surface area contributed by atoms with Gasteiger partial charge in [0.05, 0.1) is 7.11 Å². The standard InChI is InChI=1S/C13H23NO3/c1-3-11(13(16)17-2)12(15)14-9-8-10-6-4-5-7-10/h10-11H,3-9H2,1-2H3,(H,14,15). The second kappa shape index (κ2) is 7.30. The molecule has 98 valence electrons. The predicted molar refractivity (Wildman–Crippen MR) is 65.4 cm³/mol. The summed E-state index contributed by atoms with van der Waals surface area (Å²) in [5, 5.41) is 2.84. The Labute approximate surface area is 103 Å². The number of methoxy groups -OCH3 is 1. The summed E-state index contributed by atoms with van der Waals surface area (Å²) in [6, 6.07) is 0. The molecule has 0 radical (unpaired) electrons. The Kier molecular flexibility index (Phi) is 6.01. The van der Waals surface area contributed by atoms with E-state index in [-0.39, 0.29) is 5.91 Å². The predicted octanol–water partition coefficient (Wildman–Crippen LogP) is 1.88. The zero-order valence-corrected chi connectivity index (χ0v) is 10.8. The number of ether oxygens (including phenoxy) is 1. The quantitative estimate of drug-likeness (QED) is 0.570. The highest BCUT2D eigenvalue weighted by Crippen LogP contribution is 2.26. The fraction of sp³-hybridized carbons (Fsp3) is 0.846. The van der Waals surface area contributed by atoms with Gasteiger partial charge in [0, 0.05) is 6.54 Å². The van der Waals surface area contributed by atoms with E-state index >= 15 is 0 Å². The van der Waals surface area contributed by atoms with E-state index < -0.39 is 11.9 Å². The molecule has 0 bridgehead atoms. The molecule has 0 aromatic rings. The lowest BCUT2D eigenvalue weighted by Gasteiger charge is -2.14. The van der Waals surface area contributed by atoms with Crippen LogP contribution in [0.25, 0.3) is 0 Å². The largest absolute Gasteiger partial charge is 0.468 e. The summed E-state index contributed by atoms with van der Waals surface area (Å²) < 4.78 is 4.60. The van der Waals surface area contributed by atoms with Gasteiger partial charge in [0.2, 0.25) is 5.91 Å². The van der Waals surface area contributed by atoms with Gasteiger partial charge in [-0.3, -0.25) is 9.59 Å². The Hall–Kier alpha value is -1.06. The third kappa shape index (κ3) is 4.36. The average Bonchev–Trinajstić information content (AvgIpc) is 2.82. The summed E-state index contributed by atoms with van der Waals surface area (Å²) in [4.78, 5) is 23.1. The molecule has 1 rings (SSSR count). The van der Waals surface area contributed by atoms with Gasteiger partial charge in [0.15, 0.2) is 0 Å². The first-order valence-corrected chi connectivity index (χ1v) is 6.54. The average molecular weight is 241 g/mol. The highest BCUT2D eigenvalue weighted by atomic mass is 16.5. The van der Waals surface area contributed by atoms with Crippen LogP contribution in [-0.4, -0.2) is 25.5 Å². The van der Waals surface area contributed by atoms with Crippen molar-refractivity contribution in [3.05, 3.63) is 0 Å². The lowest BCUT2D eigenvalue weighted by atomic mass is 10.0. The second-order valence-electron chi connectivity index (χ2n) is 4.71. The summed E-state index contributed by atoms with van der Waals surface area (Å²) in [5.74, 6) is -0.528. The molecule has 0 spiro atoms. The van der Waals surface area contributed by atoms with Crippen molar-refractivity contribution in [2.24, 2.45) is 11.8 Å². The van der Waals surface area contributed by atoms with E-state index in [1.807, 2.05) is 6.92 Å². The van der Waals surface area contributed by atoms with E-state index in [4.69, 9.17) is 0 Å². The maximum atomic E-state index is 11.7. The molecule has 1 aliphatic rings. The highest BCUT2D eigenvalue weighted by molar-refractivity contribution is 5.97. The zero-order valence-electron chi connectivity index (χ0n) is 10.8. The Morgan fingerprint density at radius 1 is 1.35 bits per heavy atom. The molecule has 0 heterocycles.